The van der Waals surface area contributed by atoms with Crippen molar-refractivity contribution in [2.24, 2.45) is 0 Å². The lowest BCUT2D eigenvalue weighted by Crippen LogP contribution is -2.22. The predicted octanol–water partition coefficient (Wildman–Crippen LogP) is 1.91. The zero-order valence-corrected chi connectivity index (χ0v) is 8.39. The quantitative estimate of drug-likeness (QED) is 0.559. The third kappa shape index (κ3) is 2.31. The van der Waals surface area contributed by atoms with E-state index >= 15 is 0 Å². The highest BCUT2D eigenvalue weighted by molar-refractivity contribution is 5.47. The van der Waals surface area contributed by atoms with Crippen molar-refractivity contribution in [3.63, 3.8) is 0 Å². The average Bonchev–Trinajstić information content (AvgIpc) is 2.17. The molecule has 79 valence electrons. The van der Waals surface area contributed by atoms with Gasteiger partial charge in [-0.25, -0.2) is 4.79 Å². The number of nitro groups is 1. The number of para-hydroxylation sites is 1. The van der Waals surface area contributed by atoms with E-state index in [0.29, 0.717) is 5.56 Å². The Kier molecular flexibility index (Phi) is 3.04. The summed E-state index contributed by atoms with van der Waals surface area (Å²) in [5.41, 5.74) is -0.776. The summed E-state index contributed by atoms with van der Waals surface area (Å²) in [5, 5.41) is 10.7. The van der Waals surface area contributed by atoms with Crippen molar-refractivity contribution >= 4 is 12.2 Å². The van der Waals surface area contributed by atoms with E-state index in [1.807, 2.05) is 0 Å². The third-order valence-corrected chi connectivity index (χ3v) is 2.05. The molecule has 0 bridgehead atoms. The molecule has 0 heterocycles. The van der Waals surface area contributed by atoms with Crippen LogP contribution in [0.3, 0.4) is 0 Å². The highest BCUT2D eigenvalue weighted by Gasteiger charge is 2.30. The fourth-order valence-corrected chi connectivity index (χ4v) is 1.30. The molecule has 0 aliphatic carbocycles. The van der Waals surface area contributed by atoms with Gasteiger partial charge in [-0.15, -0.1) is 0 Å². The van der Waals surface area contributed by atoms with Gasteiger partial charge in [0.2, 0.25) is 0 Å². The van der Waals surface area contributed by atoms with Crippen LogP contribution in [0.25, 0.3) is 0 Å². The van der Waals surface area contributed by atoms with E-state index in [-0.39, 0.29) is 5.69 Å². The van der Waals surface area contributed by atoms with Gasteiger partial charge in [0.05, 0.1) is 10.5 Å². The Bertz CT molecular complexity index is 387. The van der Waals surface area contributed by atoms with Crippen LogP contribution in [0.15, 0.2) is 24.3 Å². The van der Waals surface area contributed by atoms with Crippen molar-refractivity contribution in [2.75, 3.05) is 0 Å². The highest BCUT2D eigenvalue weighted by atomic mass is 16.6. The van der Waals surface area contributed by atoms with Gasteiger partial charge in [0, 0.05) is 6.07 Å². The first kappa shape index (κ1) is 11.2. The summed E-state index contributed by atoms with van der Waals surface area (Å²) in [6.07, 6.45) is 0. The molecular formula is C10H10NO4. The van der Waals surface area contributed by atoms with Gasteiger partial charge in [0.1, 0.15) is 5.60 Å². The van der Waals surface area contributed by atoms with E-state index in [0.717, 1.165) is 0 Å². The van der Waals surface area contributed by atoms with Crippen LogP contribution in [0.5, 0.6) is 0 Å². The Hall–Kier alpha value is -1.91. The average molecular weight is 208 g/mol. The zero-order valence-electron chi connectivity index (χ0n) is 8.39. The largest absolute Gasteiger partial charge is 0.446 e. The van der Waals surface area contributed by atoms with Gasteiger partial charge in [-0.3, -0.25) is 10.1 Å². The Balaban J connectivity index is 3.23. The van der Waals surface area contributed by atoms with Crippen LogP contribution in [0, 0.1) is 10.1 Å². The number of benzene rings is 1. The number of hydrogen-bond donors (Lipinski definition) is 0. The Morgan fingerprint density at radius 2 is 2.00 bits per heavy atom. The summed E-state index contributed by atoms with van der Waals surface area (Å²) in [6, 6.07) is 6.13. The molecule has 0 spiro atoms. The van der Waals surface area contributed by atoms with Gasteiger partial charge in [0.15, 0.2) is 0 Å². The van der Waals surface area contributed by atoms with Crippen molar-refractivity contribution in [2.45, 2.75) is 19.4 Å². The highest BCUT2D eigenvalue weighted by Crippen LogP contribution is 2.31. The molecule has 0 aliphatic heterocycles. The monoisotopic (exact) mass is 208 g/mol. The predicted molar refractivity (Wildman–Crippen MR) is 52.9 cm³/mol. The molecule has 1 aromatic rings. The molecule has 0 fully saturated rings. The van der Waals surface area contributed by atoms with E-state index in [4.69, 9.17) is 4.74 Å². The minimum Gasteiger partial charge on any atom is -0.446 e. The molecule has 1 rings (SSSR count). The number of nitro benzene ring substituents is 1. The molecule has 0 atom stereocenters. The second-order valence-electron chi connectivity index (χ2n) is 3.47. The number of hydrogen-bond acceptors (Lipinski definition) is 4. The van der Waals surface area contributed by atoms with Crippen LogP contribution in [-0.2, 0) is 15.1 Å². The molecule has 1 radical (unpaired) electrons. The van der Waals surface area contributed by atoms with Gasteiger partial charge in [-0.05, 0) is 19.9 Å². The van der Waals surface area contributed by atoms with Crippen LogP contribution in [-0.4, -0.2) is 11.4 Å². The van der Waals surface area contributed by atoms with Gasteiger partial charge >= 0.3 is 6.47 Å². The lowest BCUT2D eigenvalue weighted by atomic mass is 9.96. The van der Waals surface area contributed by atoms with Crippen LogP contribution >= 0.6 is 0 Å². The van der Waals surface area contributed by atoms with Gasteiger partial charge in [-0.2, -0.15) is 0 Å². The van der Waals surface area contributed by atoms with Gasteiger partial charge < -0.3 is 4.74 Å². The van der Waals surface area contributed by atoms with E-state index in [9.17, 15) is 14.9 Å². The van der Waals surface area contributed by atoms with Crippen molar-refractivity contribution < 1.29 is 14.5 Å². The second-order valence-corrected chi connectivity index (χ2v) is 3.47. The van der Waals surface area contributed by atoms with Crippen LogP contribution in [0.1, 0.15) is 19.4 Å². The fourth-order valence-electron chi connectivity index (χ4n) is 1.30. The molecule has 0 unspecified atom stereocenters. The minimum atomic E-state index is -1.05. The van der Waals surface area contributed by atoms with E-state index in [1.165, 1.54) is 12.5 Å². The van der Waals surface area contributed by atoms with Crippen molar-refractivity contribution in [1.29, 1.82) is 0 Å². The number of rotatable bonds is 4. The molecule has 0 saturated carbocycles. The second kappa shape index (κ2) is 4.08. The first-order chi connectivity index (χ1) is 6.99. The summed E-state index contributed by atoms with van der Waals surface area (Å²) < 4.78 is 4.70. The van der Waals surface area contributed by atoms with Crippen LogP contribution < -0.4 is 0 Å². The lowest BCUT2D eigenvalue weighted by molar-refractivity contribution is -0.386. The van der Waals surface area contributed by atoms with Crippen molar-refractivity contribution in [3.05, 3.63) is 39.9 Å². The molecule has 5 heteroatoms. The maximum atomic E-state index is 10.7. The van der Waals surface area contributed by atoms with Gasteiger partial charge in [-0.1, -0.05) is 12.1 Å². The lowest BCUT2D eigenvalue weighted by Gasteiger charge is -2.21. The number of nitrogens with zero attached hydrogens (tertiary/aromatic N) is 1. The Morgan fingerprint density at radius 1 is 1.40 bits per heavy atom. The molecule has 0 amide bonds. The summed E-state index contributed by atoms with van der Waals surface area (Å²) in [7, 11) is 0. The van der Waals surface area contributed by atoms with Crippen molar-refractivity contribution in [1.82, 2.24) is 0 Å². The van der Waals surface area contributed by atoms with Crippen molar-refractivity contribution in [3.8, 4) is 0 Å². The summed E-state index contributed by atoms with van der Waals surface area (Å²) in [6.45, 7) is 4.44. The maximum absolute atomic E-state index is 10.7. The van der Waals surface area contributed by atoms with E-state index < -0.39 is 10.5 Å². The van der Waals surface area contributed by atoms with Crippen LogP contribution in [0.4, 0.5) is 5.69 Å². The topological polar surface area (TPSA) is 69.4 Å². The first-order valence-corrected chi connectivity index (χ1v) is 4.28. The fraction of sp³-hybridized carbons (Fsp3) is 0.300. The Morgan fingerprint density at radius 3 is 2.53 bits per heavy atom. The molecule has 1 aromatic carbocycles. The first-order valence-electron chi connectivity index (χ1n) is 4.28. The Labute approximate surface area is 86.8 Å². The molecule has 0 saturated heterocycles. The standard InChI is InChI=1S/C10H10NO4/c1-10(2,15-7-12)8-5-3-4-6-9(8)11(13)14/h3-6H,1-2H3. The molecule has 0 aromatic heterocycles. The number of ether oxygens (including phenoxy) is 1. The van der Waals surface area contributed by atoms with Gasteiger partial charge in [0.25, 0.3) is 5.69 Å². The van der Waals surface area contributed by atoms with E-state index in [1.54, 1.807) is 32.0 Å². The molecule has 15 heavy (non-hydrogen) atoms. The zero-order chi connectivity index (χ0) is 11.5. The smallest absolute Gasteiger partial charge is 0.418 e. The van der Waals surface area contributed by atoms with Crippen LogP contribution in [0.2, 0.25) is 0 Å². The van der Waals surface area contributed by atoms with E-state index in [2.05, 4.69) is 0 Å². The summed E-state index contributed by atoms with van der Waals surface area (Å²) in [4.78, 5) is 20.4. The summed E-state index contributed by atoms with van der Waals surface area (Å²) >= 11 is 0. The molecule has 0 N–H and O–H groups in total. The third-order valence-electron chi connectivity index (χ3n) is 2.05. The molecule has 5 nitrogen and oxygen atoms in total. The number of carbonyl (C=O) groups excluding carboxylic acids is 1. The summed E-state index contributed by atoms with van der Waals surface area (Å²) in [5.74, 6) is 0. The molecular weight excluding hydrogens is 198 g/mol. The SMILES string of the molecule is CC(C)(O[C]=O)c1ccccc1[N+](=O)[O-]. The normalized spacial score (nSPS) is 10.8. The molecule has 0 aliphatic rings. The minimum absolute atomic E-state index is 0.0715. The maximum Gasteiger partial charge on any atom is 0.418 e.